The Morgan fingerprint density at radius 2 is 2.33 bits per heavy atom. The van der Waals surface area contributed by atoms with E-state index in [1.807, 2.05) is 0 Å². The van der Waals surface area contributed by atoms with Gasteiger partial charge in [0, 0.05) is 18.2 Å². The van der Waals surface area contributed by atoms with Crippen LogP contribution in [-0.4, -0.2) is 9.54 Å². The Morgan fingerprint density at radius 3 is 2.78 bits per heavy atom. The number of nitrogen functional groups attached to an aromatic ring is 1. The molecule has 0 aliphatic rings. The van der Waals surface area contributed by atoms with Crippen LogP contribution in [0.2, 0.25) is 0 Å². The predicted octanol–water partition coefficient (Wildman–Crippen LogP) is 1.23. The Kier molecular flexibility index (Phi) is 1.92. The molecule has 0 unspecified atom stereocenters. The van der Waals surface area contributed by atoms with Crippen LogP contribution in [0.4, 0.5) is 5.82 Å². The van der Waals surface area contributed by atoms with Crippen molar-refractivity contribution in [3.05, 3.63) is 18.3 Å². The zero-order chi connectivity index (χ0) is 6.69. The highest BCUT2D eigenvalue weighted by Crippen LogP contribution is 2.12. The molecule has 1 aromatic heterocycles. The van der Waals surface area contributed by atoms with Crippen LogP contribution < -0.4 is 5.73 Å². The standard InChI is InChI=1S/C5H6N2OS/c6-5-2-1-4(9-8)3-7-5/h1-3,8H,(H2,6,7). The highest BCUT2D eigenvalue weighted by Gasteiger charge is 1.88. The highest BCUT2D eigenvalue weighted by molar-refractivity contribution is 7.93. The molecule has 0 aliphatic heterocycles. The monoisotopic (exact) mass is 142 g/mol. The Bertz CT molecular complexity index is 187. The summed E-state index contributed by atoms with van der Waals surface area (Å²) in [5.41, 5.74) is 5.28. The highest BCUT2D eigenvalue weighted by atomic mass is 32.2. The minimum absolute atomic E-state index is 0.466. The fourth-order valence-corrected chi connectivity index (χ4v) is 0.674. The lowest BCUT2D eigenvalue weighted by molar-refractivity contribution is 0.663. The lowest BCUT2D eigenvalue weighted by atomic mass is 10.5. The van der Waals surface area contributed by atoms with E-state index in [1.54, 1.807) is 12.1 Å². The molecule has 0 fully saturated rings. The van der Waals surface area contributed by atoms with Crippen molar-refractivity contribution in [1.82, 2.24) is 4.98 Å². The molecule has 0 atom stereocenters. The molecule has 0 saturated carbocycles. The first-order valence-corrected chi connectivity index (χ1v) is 3.13. The number of pyridine rings is 1. The van der Waals surface area contributed by atoms with Gasteiger partial charge in [0.15, 0.2) is 0 Å². The molecule has 0 spiro atoms. The number of hydrogen-bond acceptors (Lipinski definition) is 4. The van der Waals surface area contributed by atoms with Crippen LogP contribution >= 0.6 is 12.0 Å². The topological polar surface area (TPSA) is 59.1 Å². The maximum atomic E-state index is 8.46. The zero-order valence-electron chi connectivity index (χ0n) is 4.61. The molecule has 0 bridgehead atoms. The average Bonchev–Trinajstić information content (AvgIpc) is 1.90. The first kappa shape index (κ1) is 6.38. The number of nitrogens with zero attached hydrogens (tertiary/aromatic N) is 1. The Hall–Kier alpha value is -0.740. The minimum atomic E-state index is 0.466. The third kappa shape index (κ3) is 1.58. The van der Waals surface area contributed by atoms with Gasteiger partial charge in [0.05, 0.1) is 4.90 Å². The predicted molar refractivity (Wildman–Crippen MR) is 37.1 cm³/mol. The van der Waals surface area contributed by atoms with Gasteiger partial charge < -0.3 is 10.3 Å². The molecule has 1 heterocycles. The summed E-state index contributed by atoms with van der Waals surface area (Å²) in [6.45, 7) is 0. The van der Waals surface area contributed by atoms with Crippen molar-refractivity contribution in [2.24, 2.45) is 0 Å². The second-order valence-electron chi connectivity index (χ2n) is 1.51. The summed E-state index contributed by atoms with van der Waals surface area (Å²) < 4.78 is 8.46. The van der Waals surface area contributed by atoms with Crippen molar-refractivity contribution in [1.29, 1.82) is 0 Å². The van der Waals surface area contributed by atoms with Crippen LogP contribution in [0.1, 0.15) is 0 Å². The van der Waals surface area contributed by atoms with E-state index in [9.17, 15) is 0 Å². The van der Waals surface area contributed by atoms with Gasteiger partial charge in [-0.15, -0.1) is 0 Å². The number of hydrogen-bond donors (Lipinski definition) is 2. The lowest BCUT2D eigenvalue weighted by Gasteiger charge is -1.91. The largest absolute Gasteiger partial charge is 0.384 e. The maximum Gasteiger partial charge on any atom is 0.123 e. The van der Waals surface area contributed by atoms with Crippen molar-refractivity contribution in [2.45, 2.75) is 4.90 Å². The van der Waals surface area contributed by atoms with Crippen LogP contribution in [0.5, 0.6) is 0 Å². The van der Waals surface area contributed by atoms with Crippen LogP contribution in [0.15, 0.2) is 23.2 Å². The second kappa shape index (κ2) is 2.70. The fourth-order valence-electron chi connectivity index (χ4n) is 0.446. The van der Waals surface area contributed by atoms with Gasteiger partial charge in [-0.25, -0.2) is 4.98 Å². The summed E-state index contributed by atoms with van der Waals surface area (Å²) in [6.07, 6.45) is 1.51. The quantitative estimate of drug-likeness (QED) is 0.579. The Balaban J connectivity index is 2.88. The lowest BCUT2D eigenvalue weighted by Crippen LogP contribution is -1.87. The van der Waals surface area contributed by atoms with Gasteiger partial charge in [0.25, 0.3) is 0 Å². The first-order valence-electron chi connectivity index (χ1n) is 2.36. The van der Waals surface area contributed by atoms with Crippen molar-refractivity contribution < 1.29 is 4.55 Å². The number of rotatable bonds is 1. The maximum absolute atomic E-state index is 8.46. The number of nitrogens with two attached hydrogens (primary N) is 1. The van der Waals surface area contributed by atoms with Gasteiger partial charge >= 0.3 is 0 Å². The molecule has 3 N–H and O–H groups in total. The van der Waals surface area contributed by atoms with Gasteiger partial charge in [-0.2, -0.15) is 0 Å². The summed E-state index contributed by atoms with van der Waals surface area (Å²) in [4.78, 5) is 4.45. The molecule has 1 rings (SSSR count). The van der Waals surface area contributed by atoms with Gasteiger partial charge in [0.1, 0.15) is 5.82 Å². The van der Waals surface area contributed by atoms with Gasteiger partial charge in [-0.1, -0.05) is 0 Å². The molecule has 1 aromatic rings. The van der Waals surface area contributed by atoms with Gasteiger partial charge in [0.2, 0.25) is 0 Å². The Labute approximate surface area is 57.1 Å². The molecule has 0 amide bonds. The van der Waals surface area contributed by atoms with E-state index in [-0.39, 0.29) is 0 Å². The summed E-state index contributed by atoms with van der Waals surface area (Å²) in [7, 11) is 0. The van der Waals surface area contributed by atoms with Crippen molar-refractivity contribution >= 4 is 17.9 Å². The molecule has 9 heavy (non-hydrogen) atoms. The second-order valence-corrected chi connectivity index (χ2v) is 2.16. The molecular weight excluding hydrogens is 136 g/mol. The van der Waals surface area contributed by atoms with Crippen LogP contribution in [0.25, 0.3) is 0 Å². The van der Waals surface area contributed by atoms with Crippen LogP contribution in [0.3, 0.4) is 0 Å². The fraction of sp³-hybridized carbons (Fsp3) is 0. The molecule has 4 heteroatoms. The normalized spacial score (nSPS) is 9.44. The molecule has 3 nitrogen and oxygen atoms in total. The van der Waals surface area contributed by atoms with E-state index in [1.165, 1.54) is 6.20 Å². The van der Waals surface area contributed by atoms with E-state index < -0.39 is 0 Å². The number of anilines is 1. The van der Waals surface area contributed by atoms with E-state index in [0.717, 1.165) is 0 Å². The average molecular weight is 142 g/mol. The Morgan fingerprint density at radius 1 is 1.56 bits per heavy atom. The van der Waals surface area contributed by atoms with E-state index in [0.29, 0.717) is 22.8 Å². The van der Waals surface area contributed by atoms with E-state index in [2.05, 4.69) is 4.98 Å². The summed E-state index contributed by atoms with van der Waals surface area (Å²) in [5.74, 6) is 0.466. The third-order valence-electron chi connectivity index (χ3n) is 0.865. The van der Waals surface area contributed by atoms with Crippen molar-refractivity contribution in [3.8, 4) is 0 Å². The third-order valence-corrected chi connectivity index (χ3v) is 1.32. The molecule has 0 aliphatic carbocycles. The SMILES string of the molecule is Nc1ccc(SO)cn1. The smallest absolute Gasteiger partial charge is 0.123 e. The number of aromatic nitrogens is 1. The molecule has 0 saturated heterocycles. The summed E-state index contributed by atoms with van der Waals surface area (Å²) in [5, 5.41) is 0. The van der Waals surface area contributed by atoms with Gasteiger partial charge in [-0.05, 0) is 12.1 Å². The van der Waals surface area contributed by atoms with Crippen LogP contribution in [0, 0.1) is 0 Å². The zero-order valence-corrected chi connectivity index (χ0v) is 5.43. The van der Waals surface area contributed by atoms with E-state index in [4.69, 9.17) is 10.3 Å². The molecule has 48 valence electrons. The van der Waals surface area contributed by atoms with E-state index >= 15 is 0 Å². The van der Waals surface area contributed by atoms with Gasteiger partial charge in [-0.3, -0.25) is 0 Å². The molecule has 0 aromatic carbocycles. The molecular formula is C5H6N2OS. The van der Waals surface area contributed by atoms with Crippen LogP contribution in [-0.2, 0) is 0 Å². The molecule has 0 radical (unpaired) electrons. The summed E-state index contributed by atoms with van der Waals surface area (Å²) >= 11 is 0.659. The van der Waals surface area contributed by atoms with Crippen molar-refractivity contribution in [2.75, 3.05) is 5.73 Å². The van der Waals surface area contributed by atoms with Crippen molar-refractivity contribution in [3.63, 3.8) is 0 Å². The first-order chi connectivity index (χ1) is 4.33. The minimum Gasteiger partial charge on any atom is -0.384 e. The summed E-state index contributed by atoms with van der Waals surface area (Å²) in [6, 6.07) is 3.34.